The van der Waals surface area contributed by atoms with Gasteiger partial charge in [0.2, 0.25) is 11.8 Å². The van der Waals surface area contributed by atoms with Gasteiger partial charge in [-0.2, -0.15) is 4.98 Å². The molecular formula is C8H8BrN5. The van der Waals surface area contributed by atoms with Crippen molar-refractivity contribution in [2.45, 2.75) is 0 Å². The molecule has 2 heterocycles. The second-order valence-corrected chi connectivity index (χ2v) is 3.61. The van der Waals surface area contributed by atoms with Crippen LogP contribution in [0, 0.1) is 0 Å². The van der Waals surface area contributed by atoms with Crippen LogP contribution in [0.3, 0.4) is 0 Å². The van der Waals surface area contributed by atoms with E-state index in [1.165, 1.54) is 4.68 Å². The number of rotatable bonds is 1. The van der Waals surface area contributed by atoms with Crippen molar-refractivity contribution in [2.24, 2.45) is 7.05 Å². The van der Waals surface area contributed by atoms with Gasteiger partial charge in [0.15, 0.2) is 0 Å². The predicted molar refractivity (Wildman–Crippen MR) is 56.3 cm³/mol. The molecule has 0 bridgehead atoms. The number of nitrogen functional groups attached to an aromatic ring is 1. The second kappa shape index (κ2) is 3.38. The number of anilines is 1. The predicted octanol–water partition coefficient (Wildman–Crippen LogP) is 1.22. The normalized spacial score (nSPS) is 10.4. The number of hydrogen-bond donors (Lipinski definition) is 1. The number of nitrogens with two attached hydrogens (primary N) is 1. The van der Waals surface area contributed by atoms with Gasteiger partial charge in [0.25, 0.3) is 0 Å². The first-order valence-electron chi connectivity index (χ1n) is 3.96. The second-order valence-electron chi connectivity index (χ2n) is 2.75. The molecule has 2 rings (SSSR count). The van der Waals surface area contributed by atoms with Crippen LogP contribution in [0.5, 0.6) is 0 Å². The van der Waals surface area contributed by atoms with Crippen LogP contribution in [0.4, 0.5) is 5.95 Å². The highest BCUT2D eigenvalue weighted by atomic mass is 79.9. The fraction of sp³-hybridized carbons (Fsp3) is 0.125. The van der Waals surface area contributed by atoms with Crippen LogP contribution < -0.4 is 5.73 Å². The molecule has 0 amide bonds. The Morgan fingerprint density at radius 3 is 2.86 bits per heavy atom. The summed E-state index contributed by atoms with van der Waals surface area (Å²) < 4.78 is 2.36. The van der Waals surface area contributed by atoms with Gasteiger partial charge in [-0.25, -0.2) is 4.68 Å². The Labute approximate surface area is 89.1 Å². The molecule has 5 nitrogen and oxygen atoms in total. The van der Waals surface area contributed by atoms with Crippen molar-refractivity contribution < 1.29 is 0 Å². The van der Waals surface area contributed by atoms with Gasteiger partial charge in [0.05, 0.1) is 0 Å². The maximum Gasteiger partial charge on any atom is 0.218 e. The van der Waals surface area contributed by atoms with Crippen LogP contribution in [-0.4, -0.2) is 19.7 Å². The summed E-state index contributed by atoms with van der Waals surface area (Å²) >= 11 is 3.37. The van der Waals surface area contributed by atoms with Crippen LogP contribution in [-0.2, 0) is 7.05 Å². The minimum atomic E-state index is 0.373. The van der Waals surface area contributed by atoms with Gasteiger partial charge < -0.3 is 5.73 Å². The Morgan fingerprint density at radius 2 is 2.29 bits per heavy atom. The monoisotopic (exact) mass is 253 g/mol. The van der Waals surface area contributed by atoms with E-state index in [0.717, 1.165) is 4.47 Å². The summed E-state index contributed by atoms with van der Waals surface area (Å²) in [4.78, 5) is 8.24. The summed E-state index contributed by atoms with van der Waals surface area (Å²) in [5.74, 6) is 0.898. The number of halogens is 1. The standard InChI is InChI=1S/C8H8BrN5/c1-14-8(10)12-7(13-14)6-5(9)3-2-4-11-6/h2-4H,1H3,(H2,10,12,13). The largest absolute Gasteiger partial charge is 0.368 e. The topological polar surface area (TPSA) is 69.6 Å². The number of hydrogen-bond acceptors (Lipinski definition) is 4. The third-order valence-corrected chi connectivity index (χ3v) is 2.41. The van der Waals surface area contributed by atoms with Crippen molar-refractivity contribution in [3.8, 4) is 11.5 Å². The van der Waals surface area contributed by atoms with E-state index < -0.39 is 0 Å². The van der Waals surface area contributed by atoms with Crippen LogP contribution in [0.1, 0.15) is 0 Å². The third kappa shape index (κ3) is 1.48. The Hall–Kier alpha value is -1.43. The first-order chi connectivity index (χ1) is 6.68. The molecule has 14 heavy (non-hydrogen) atoms. The van der Waals surface area contributed by atoms with Gasteiger partial charge >= 0.3 is 0 Å². The number of pyridine rings is 1. The number of aromatic nitrogens is 4. The Morgan fingerprint density at radius 1 is 1.50 bits per heavy atom. The number of nitrogens with zero attached hydrogens (tertiary/aromatic N) is 4. The lowest BCUT2D eigenvalue weighted by molar-refractivity contribution is 0.780. The molecule has 0 aliphatic carbocycles. The molecule has 0 aliphatic heterocycles. The van der Waals surface area contributed by atoms with Crippen molar-refractivity contribution in [3.05, 3.63) is 22.8 Å². The summed E-state index contributed by atoms with van der Waals surface area (Å²) in [6, 6.07) is 3.72. The molecule has 72 valence electrons. The molecule has 0 atom stereocenters. The molecule has 2 N–H and O–H groups in total. The molecule has 0 aromatic carbocycles. The van der Waals surface area contributed by atoms with Crippen molar-refractivity contribution in [3.63, 3.8) is 0 Å². The quantitative estimate of drug-likeness (QED) is 0.830. The fourth-order valence-corrected chi connectivity index (χ4v) is 1.48. The Balaban J connectivity index is 2.55. The highest BCUT2D eigenvalue weighted by molar-refractivity contribution is 9.10. The van der Waals surface area contributed by atoms with E-state index in [1.807, 2.05) is 12.1 Å². The van der Waals surface area contributed by atoms with Gasteiger partial charge in [0, 0.05) is 17.7 Å². The molecule has 2 aromatic heterocycles. The van der Waals surface area contributed by atoms with E-state index in [4.69, 9.17) is 5.73 Å². The van der Waals surface area contributed by atoms with E-state index in [9.17, 15) is 0 Å². The maximum absolute atomic E-state index is 5.57. The summed E-state index contributed by atoms with van der Waals surface area (Å²) in [6.45, 7) is 0. The highest BCUT2D eigenvalue weighted by Crippen LogP contribution is 2.22. The summed E-state index contributed by atoms with van der Waals surface area (Å²) in [5.41, 5.74) is 6.27. The molecule has 0 saturated carbocycles. The summed E-state index contributed by atoms with van der Waals surface area (Å²) in [5, 5.41) is 4.13. The van der Waals surface area contributed by atoms with Gasteiger partial charge in [-0.05, 0) is 28.1 Å². The van der Waals surface area contributed by atoms with Crippen LogP contribution >= 0.6 is 15.9 Å². The lowest BCUT2D eigenvalue weighted by Crippen LogP contribution is -1.97. The van der Waals surface area contributed by atoms with E-state index in [0.29, 0.717) is 17.5 Å². The molecule has 2 aromatic rings. The molecule has 0 saturated heterocycles. The minimum absolute atomic E-state index is 0.373. The Bertz CT molecular complexity index is 445. The van der Waals surface area contributed by atoms with Crippen LogP contribution in [0.25, 0.3) is 11.5 Å². The van der Waals surface area contributed by atoms with Gasteiger partial charge in [-0.1, -0.05) is 0 Å². The molecule has 0 fully saturated rings. The molecule has 0 radical (unpaired) electrons. The van der Waals surface area contributed by atoms with E-state index in [1.54, 1.807) is 13.2 Å². The zero-order valence-corrected chi connectivity index (χ0v) is 9.06. The highest BCUT2D eigenvalue weighted by Gasteiger charge is 2.10. The molecule has 0 unspecified atom stereocenters. The minimum Gasteiger partial charge on any atom is -0.368 e. The van der Waals surface area contributed by atoms with Crippen molar-refractivity contribution in [1.29, 1.82) is 0 Å². The fourth-order valence-electron chi connectivity index (χ4n) is 1.05. The van der Waals surface area contributed by atoms with E-state index in [-0.39, 0.29) is 0 Å². The molecular weight excluding hydrogens is 246 g/mol. The average Bonchev–Trinajstić information content (AvgIpc) is 2.48. The number of aryl methyl sites for hydroxylation is 1. The SMILES string of the molecule is Cn1nc(-c2ncccc2Br)nc1N. The molecule has 0 aliphatic rings. The maximum atomic E-state index is 5.57. The first-order valence-corrected chi connectivity index (χ1v) is 4.75. The summed E-state index contributed by atoms with van der Waals surface area (Å²) in [7, 11) is 1.74. The third-order valence-electron chi connectivity index (χ3n) is 1.77. The zero-order valence-electron chi connectivity index (χ0n) is 7.48. The Kier molecular flexibility index (Phi) is 2.20. The van der Waals surface area contributed by atoms with Gasteiger partial charge in [-0.3, -0.25) is 4.98 Å². The van der Waals surface area contributed by atoms with Crippen molar-refractivity contribution in [1.82, 2.24) is 19.7 Å². The lowest BCUT2D eigenvalue weighted by atomic mass is 10.3. The van der Waals surface area contributed by atoms with Crippen molar-refractivity contribution >= 4 is 21.9 Å². The van der Waals surface area contributed by atoms with Crippen molar-refractivity contribution in [2.75, 3.05) is 5.73 Å². The van der Waals surface area contributed by atoms with Gasteiger partial charge in [0.1, 0.15) is 5.69 Å². The zero-order chi connectivity index (χ0) is 10.1. The average molecular weight is 254 g/mol. The van der Waals surface area contributed by atoms with Crippen LogP contribution in [0.2, 0.25) is 0 Å². The lowest BCUT2D eigenvalue weighted by Gasteiger charge is -1.95. The smallest absolute Gasteiger partial charge is 0.218 e. The molecule has 0 spiro atoms. The summed E-state index contributed by atoms with van der Waals surface area (Å²) in [6.07, 6.45) is 1.69. The van der Waals surface area contributed by atoms with E-state index >= 15 is 0 Å². The molecule has 6 heteroatoms. The van der Waals surface area contributed by atoms with E-state index in [2.05, 4.69) is 31.0 Å². The first kappa shape index (κ1) is 9.14. The van der Waals surface area contributed by atoms with Crippen LogP contribution in [0.15, 0.2) is 22.8 Å². The van der Waals surface area contributed by atoms with Gasteiger partial charge in [-0.15, -0.1) is 5.10 Å².